The summed E-state index contributed by atoms with van der Waals surface area (Å²) >= 11 is 0. The fourth-order valence-electron chi connectivity index (χ4n) is 2.54. The van der Waals surface area contributed by atoms with Crippen LogP contribution in [0.2, 0.25) is 0 Å². The molecule has 3 nitrogen and oxygen atoms in total. The van der Waals surface area contributed by atoms with Crippen molar-refractivity contribution in [2.24, 2.45) is 5.84 Å². The molecule has 1 unspecified atom stereocenters. The highest BCUT2D eigenvalue weighted by Gasteiger charge is 2.19. The van der Waals surface area contributed by atoms with Gasteiger partial charge in [0.25, 0.3) is 0 Å². The Bertz CT molecular complexity index is 360. The Balaban J connectivity index is 1.86. The molecule has 0 radical (unpaired) electrons. The number of benzene rings is 1. The van der Waals surface area contributed by atoms with Crippen molar-refractivity contribution in [2.45, 2.75) is 51.0 Å². The minimum atomic E-state index is 0.187. The second-order valence-electron chi connectivity index (χ2n) is 5.41. The second-order valence-corrected chi connectivity index (χ2v) is 5.41. The van der Waals surface area contributed by atoms with Gasteiger partial charge in [-0.25, -0.2) is 0 Å². The predicted octanol–water partition coefficient (Wildman–Crippen LogP) is 3.28. The lowest BCUT2D eigenvalue weighted by Crippen LogP contribution is -2.29. The third-order valence-electron chi connectivity index (χ3n) is 4.02. The molecule has 1 saturated carbocycles. The maximum Gasteiger partial charge on any atom is 0.0484 e. The van der Waals surface area contributed by atoms with Gasteiger partial charge in [-0.05, 0) is 42.7 Å². The maximum absolute atomic E-state index is 5.65. The minimum absolute atomic E-state index is 0.187. The van der Waals surface area contributed by atoms with E-state index in [1.807, 2.05) is 0 Å². The highest BCUT2D eigenvalue weighted by molar-refractivity contribution is 5.28. The molecular formula is C16H26N2O. The molecule has 0 heterocycles. The Morgan fingerprint density at radius 3 is 2.53 bits per heavy atom. The van der Waals surface area contributed by atoms with E-state index < -0.39 is 0 Å². The molecular weight excluding hydrogens is 236 g/mol. The lowest BCUT2D eigenvalue weighted by molar-refractivity contribution is 0.124. The van der Waals surface area contributed by atoms with Gasteiger partial charge in [0, 0.05) is 19.3 Å². The van der Waals surface area contributed by atoms with Gasteiger partial charge in [-0.2, -0.15) is 0 Å². The van der Waals surface area contributed by atoms with E-state index in [0.29, 0.717) is 0 Å². The largest absolute Gasteiger partial charge is 0.381 e. The van der Waals surface area contributed by atoms with E-state index in [1.165, 1.54) is 30.4 Å². The highest BCUT2D eigenvalue weighted by Crippen LogP contribution is 2.36. The zero-order valence-corrected chi connectivity index (χ0v) is 11.9. The smallest absolute Gasteiger partial charge is 0.0484 e. The van der Waals surface area contributed by atoms with Crippen LogP contribution in [0.1, 0.15) is 62.1 Å². The number of hydrogen-bond acceptors (Lipinski definition) is 3. The van der Waals surface area contributed by atoms with Crippen molar-refractivity contribution in [2.75, 3.05) is 13.2 Å². The maximum atomic E-state index is 5.65. The number of rotatable bonds is 8. The van der Waals surface area contributed by atoms with Crippen LogP contribution in [-0.4, -0.2) is 13.2 Å². The number of nitrogens with two attached hydrogens (primary N) is 1. The van der Waals surface area contributed by atoms with E-state index in [-0.39, 0.29) is 6.04 Å². The first-order chi connectivity index (χ1) is 9.35. The normalized spacial score (nSPS) is 17.2. The zero-order chi connectivity index (χ0) is 13.5. The summed E-state index contributed by atoms with van der Waals surface area (Å²) in [4.78, 5) is 0. The van der Waals surface area contributed by atoms with Gasteiger partial charge < -0.3 is 4.74 Å². The number of hydrazine groups is 1. The molecule has 1 aromatic carbocycles. The van der Waals surface area contributed by atoms with Crippen molar-refractivity contribution in [1.82, 2.24) is 5.43 Å². The molecule has 2 rings (SSSR count). The van der Waals surface area contributed by atoms with Gasteiger partial charge in [0.2, 0.25) is 0 Å². The van der Waals surface area contributed by atoms with E-state index in [2.05, 4.69) is 36.6 Å². The van der Waals surface area contributed by atoms with Crippen molar-refractivity contribution >= 4 is 0 Å². The van der Waals surface area contributed by atoms with Crippen molar-refractivity contribution in [1.29, 1.82) is 0 Å². The minimum Gasteiger partial charge on any atom is -0.381 e. The molecule has 0 saturated heterocycles. The van der Waals surface area contributed by atoms with E-state index in [9.17, 15) is 0 Å². The van der Waals surface area contributed by atoms with Crippen LogP contribution in [0.25, 0.3) is 0 Å². The molecule has 19 heavy (non-hydrogen) atoms. The third kappa shape index (κ3) is 4.03. The summed E-state index contributed by atoms with van der Waals surface area (Å²) in [5.41, 5.74) is 5.63. The van der Waals surface area contributed by atoms with Crippen molar-refractivity contribution in [3.63, 3.8) is 0 Å². The molecule has 0 spiro atoms. The molecule has 1 aliphatic carbocycles. The van der Waals surface area contributed by atoms with E-state index >= 15 is 0 Å². The van der Waals surface area contributed by atoms with Crippen molar-refractivity contribution in [3.8, 4) is 0 Å². The average Bonchev–Trinajstić information content (AvgIpc) is 2.38. The first-order valence-corrected chi connectivity index (χ1v) is 7.49. The van der Waals surface area contributed by atoms with E-state index in [0.717, 1.165) is 32.0 Å². The fourth-order valence-corrected chi connectivity index (χ4v) is 2.54. The van der Waals surface area contributed by atoms with Crippen LogP contribution >= 0.6 is 0 Å². The van der Waals surface area contributed by atoms with Crippen molar-refractivity contribution < 1.29 is 4.74 Å². The molecule has 1 fully saturated rings. The SMILES string of the molecule is CCCOCCC(NN)c1ccc(C2CCC2)cc1. The lowest BCUT2D eigenvalue weighted by Gasteiger charge is -2.26. The first-order valence-electron chi connectivity index (χ1n) is 7.49. The van der Waals surface area contributed by atoms with Gasteiger partial charge >= 0.3 is 0 Å². The summed E-state index contributed by atoms with van der Waals surface area (Å²) in [7, 11) is 0. The average molecular weight is 262 g/mol. The Morgan fingerprint density at radius 2 is 2.00 bits per heavy atom. The van der Waals surface area contributed by atoms with Crippen LogP contribution in [0.3, 0.4) is 0 Å². The zero-order valence-electron chi connectivity index (χ0n) is 11.9. The van der Waals surface area contributed by atoms with Crippen molar-refractivity contribution in [3.05, 3.63) is 35.4 Å². The van der Waals surface area contributed by atoms with Gasteiger partial charge in [-0.3, -0.25) is 11.3 Å². The summed E-state index contributed by atoms with van der Waals surface area (Å²) in [5.74, 6) is 6.45. The van der Waals surface area contributed by atoms with Gasteiger partial charge in [0.1, 0.15) is 0 Å². The van der Waals surface area contributed by atoms with Crippen LogP contribution in [0, 0.1) is 0 Å². The Morgan fingerprint density at radius 1 is 1.26 bits per heavy atom. The summed E-state index contributed by atoms with van der Waals surface area (Å²) in [6, 6.07) is 9.12. The molecule has 3 N–H and O–H groups in total. The van der Waals surface area contributed by atoms with E-state index in [4.69, 9.17) is 10.6 Å². The molecule has 1 aromatic rings. The van der Waals surface area contributed by atoms with Crippen LogP contribution in [0.15, 0.2) is 24.3 Å². The summed E-state index contributed by atoms with van der Waals surface area (Å²) in [6.45, 7) is 3.71. The van der Waals surface area contributed by atoms with Gasteiger partial charge in [0.15, 0.2) is 0 Å². The summed E-state index contributed by atoms with van der Waals surface area (Å²) in [5, 5.41) is 0. The van der Waals surface area contributed by atoms with Crippen LogP contribution in [-0.2, 0) is 4.74 Å². The Kier molecular flexibility index (Phi) is 5.83. The topological polar surface area (TPSA) is 47.3 Å². The van der Waals surface area contributed by atoms with Crippen LogP contribution in [0.4, 0.5) is 0 Å². The van der Waals surface area contributed by atoms with Gasteiger partial charge in [-0.1, -0.05) is 37.6 Å². The predicted molar refractivity (Wildman–Crippen MR) is 78.8 cm³/mol. The third-order valence-corrected chi connectivity index (χ3v) is 4.02. The first kappa shape index (κ1) is 14.5. The van der Waals surface area contributed by atoms with Gasteiger partial charge in [0.05, 0.1) is 0 Å². The quantitative estimate of drug-likeness (QED) is 0.429. The van der Waals surface area contributed by atoms with E-state index in [1.54, 1.807) is 0 Å². The fraction of sp³-hybridized carbons (Fsp3) is 0.625. The Hall–Kier alpha value is -0.900. The molecule has 106 valence electrons. The number of ether oxygens (including phenoxy) is 1. The van der Waals surface area contributed by atoms with Gasteiger partial charge in [-0.15, -0.1) is 0 Å². The molecule has 1 atom stereocenters. The number of hydrogen-bond donors (Lipinski definition) is 2. The summed E-state index contributed by atoms with van der Waals surface area (Å²) in [6.07, 6.45) is 6.07. The molecule has 0 aromatic heterocycles. The Labute approximate surface area is 116 Å². The standard InChI is InChI=1S/C16H26N2O/c1-2-11-19-12-10-16(18-17)15-8-6-14(7-9-15)13-4-3-5-13/h6-9,13,16,18H,2-5,10-12,17H2,1H3. The lowest BCUT2D eigenvalue weighted by atomic mass is 9.80. The molecule has 0 amide bonds. The van der Waals surface area contributed by atoms with Crippen LogP contribution in [0.5, 0.6) is 0 Å². The molecule has 0 aliphatic heterocycles. The molecule has 0 bridgehead atoms. The monoisotopic (exact) mass is 262 g/mol. The van der Waals surface area contributed by atoms with Crippen LogP contribution < -0.4 is 11.3 Å². The second kappa shape index (κ2) is 7.63. The number of nitrogens with one attached hydrogen (secondary N) is 1. The molecule has 3 heteroatoms. The highest BCUT2D eigenvalue weighted by atomic mass is 16.5. The summed E-state index contributed by atoms with van der Waals surface area (Å²) < 4.78 is 5.53. The molecule has 1 aliphatic rings.